The molecule has 0 atom stereocenters. The highest BCUT2D eigenvalue weighted by Crippen LogP contribution is 2.18. The first kappa shape index (κ1) is 12.7. The van der Waals surface area contributed by atoms with E-state index in [4.69, 9.17) is 11.6 Å². The monoisotopic (exact) mass is 249 g/mol. The van der Waals surface area contributed by atoms with Gasteiger partial charge in [-0.3, -0.25) is 0 Å². The molecule has 92 valence electrons. The summed E-state index contributed by atoms with van der Waals surface area (Å²) in [6.07, 6.45) is 7.19. The highest BCUT2D eigenvalue weighted by Gasteiger charge is 2.19. The molecule has 0 bridgehead atoms. The average molecular weight is 250 g/mol. The lowest BCUT2D eigenvalue weighted by Crippen LogP contribution is -2.16. The molecule has 1 N–H and O–H groups in total. The van der Waals surface area contributed by atoms with Gasteiger partial charge in [0.2, 0.25) is 0 Å². The lowest BCUT2D eigenvalue weighted by molar-refractivity contribution is 0.688. The Morgan fingerprint density at radius 3 is 3.00 bits per heavy atom. The van der Waals surface area contributed by atoms with Crippen molar-refractivity contribution in [3.8, 4) is 0 Å². The summed E-state index contributed by atoms with van der Waals surface area (Å²) in [7, 11) is 0. The molecule has 0 aliphatic heterocycles. The zero-order valence-electron chi connectivity index (χ0n) is 10.4. The van der Waals surface area contributed by atoms with Crippen molar-refractivity contribution in [2.45, 2.75) is 38.6 Å². The van der Waals surface area contributed by atoms with E-state index in [1.807, 2.05) is 18.2 Å². The van der Waals surface area contributed by atoms with Gasteiger partial charge in [0.1, 0.15) is 0 Å². The summed E-state index contributed by atoms with van der Waals surface area (Å²) >= 11 is 5.97. The van der Waals surface area contributed by atoms with E-state index in [-0.39, 0.29) is 0 Å². The minimum atomic E-state index is 0.816. The van der Waals surface area contributed by atoms with Crippen LogP contribution in [0, 0.1) is 0 Å². The summed E-state index contributed by atoms with van der Waals surface area (Å²) in [4.78, 5) is 0. The minimum absolute atomic E-state index is 0.816. The van der Waals surface area contributed by atoms with Crippen LogP contribution in [0.5, 0.6) is 0 Å². The Balaban J connectivity index is 1.74. The zero-order chi connectivity index (χ0) is 12.1. The minimum Gasteiger partial charge on any atom is -0.314 e. The molecular weight excluding hydrogens is 230 g/mol. The van der Waals surface area contributed by atoms with Crippen LogP contribution < -0.4 is 5.32 Å². The highest BCUT2D eigenvalue weighted by molar-refractivity contribution is 6.30. The van der Waals surface area contributed by atoms with Crippen LogP contribution in [0.3, 0.4) is 0 Å². The van der Waals surface area contributed by atoms with Gasteiger partial charge in [-0.15, -0.1) is 0 Å². The molecule has 1 nitrogen and oxygen atoms in total. The number of hydrogen-bond donors (Lipinski definition) is 1. The van der Waals surface area contributed by atoms with E-state index in [0.29, 0.717) is 0 Å². The Morgan fingerprint density at radius 2 is 2.29 bits per heavy atom. The van der Waals surface area contributed by atoms with Crippen LogP contribution in [0.15, 0.2) is 35.9 Å². The lowest BCUT2D eigenvalue weighted by Gasteiger charge is -2.03. The summed E-state index contributed by atoms with van der Waals surface area (Å²) in [5.41, 5.74) is 2.71. The highest BCUT2D eigenvalue weighted by atomic mass is 35.5. The molecule has 17 heavy (non-hydrogen) atoms. The topological polar surface area (TPSA) is 12.0 Å². The average Bonchev–Trinajstić information content (AvgIpc) is 3.08. The fourth-order valence-corrected chi connectivity index (χ4v) is 2.15. The van der Waals surface area contributed by atoms with Gasteiger partial charge < -0.3 is 5.32 Å². The Morgan fingerprint density at radius 1 is 1.47 bits per heavy atom. The SMILES string of the molecule is CC(=CCCNC1CC1)Cc1cccc(Cl)c1. The molecule has 1 aliphatic rings. The Hall–Kier alpha value is -0.790. The van der Waals surface area contributed by atoms with Crippen LogP contribution in [0.4, 0.5) is 0 Å². The summed E-state index contributed by atoms with van der Waals surface area (Å²) in [6, 6.07) is 8.92. The lowest BCUT2D eigenvalue weighted by atomic mass is 10.1. The van der Waals surface area contributed by atoms with Gasteiger partial charge in [-0.25, -0.2) is 0 Å². The molecule has 1 aromatic carbocycles. The molecule has 1 saturated carbocycles. The maximum atomic E-state index is 5.97. The van der Waals surface area contributed by atoms with E-state index in [9.17, 15) is 0 Å². The number of benzene rings is 1. The second-order valence-corrected chi connectivity index (χ2v) is 5.31. The molecule has 0 amide bonds. The summed E-state index contributed by atoms with van der Waals surface area (Å²) in [6.45, 7) is 3.30. The number of halogens is 1. The molecule has 0 heterocycles. The van der Waals surface area contributed by atoms with Crippen molar-refractivity contribution in [3.63, 3.8) is 0 Å². The third-order valence-electron chi connectivity index (χ3n) is 3.02. The van der Waals surface area contributed by atoms with E-state index in [1.54, 1.807) is 0 Å². The van der Waals surface area contributed by atoms with Gasteiger partial charge in [-0.05, 0) is 56.8 Å². The van der Waals surface area contributed by atoms with Crippen molar-refractivity contribution in [2.24, 2.45) is 0 Å². The van der Waals surface area contributed by atoms with Gasteiger partial charge in [0.25, 0.3) is 0 Å². The van der Waals surface area contributed by atoms with Crippen LogP contribution in [0.1, 0.15) is 31.7 Å². The largest absolute Gasteiger partial charge is 0.314 e. The first-order valence-electron chi connectivity index (χ1n) is 6.37. The first-order valence-corrected chi connectivity index (χ1v) is 6.75. The summed E-state index contributed by atoms with van der Waals surface area (Å²) in [5, 5.41) is 4.34. The standard InChI is InChI=1S/C15H20ClN/c1-12(4-3-9-17-15-7-8-15)10-13-5-2-6-14(16)11-13/h2,4-6,11,15,17H,3,7-10H2,1H3. The fraction of sp³-hybridized carbons (Fsp3) is 0.467. The first-order chi connectivity index (χ1) is 8.24. The van der Waals surface area contributed by atoms with E-state index in [0.717, 1.165) is 30.5 Å². The molecule has 1 aromatic rings. The molecule has 2 heteroatoms. The van der Waals surface area contributed by atoms with E-state index in [2.05, 4.69) is 24.4 Å². The second-order valence-electron chi connectivity index (χ2n) is 4.87. The predicted octanol–water partition coefficient (Wildman–Crippen LogP) is 3.97. The smallest absolute Gasteiger partial charge is 0.0408 e. The maximum absolute atomic E-state index is 5.97. The van der Waals surface area contributed by atoms with Crippen molar-refractivity contribution in [1.82, 2.24) is 5.32 Å². The Labute approximate surface area is 109 Å². The second kappa shape index (κ2) is 6.23. The molecule has 0 saturated heterocycles. The van der Waals surface area contributed by atoms with E-state index >= 15 is 0 Å². The molecule has 0 radical (unpaired) electrons. The van der Waals surface area contributed by atoms with E-state index in [1.165, 1.54) is 24.0 Å². The normalized spacial score (nSPS) is 16.2. The van der Waals surface area contributed by atoms with Crippen molar-refractivity contribution in [2.75, 3.05) is 6.54 Å². The molecule has 0 spiro atoms. The summed E-state index contributed by atoms with van der Waals surface area (Å²) < 4.78 is 0. The fourth-order valence-electron chi connectivity index (χ4n) is 1.93. The van der Waals surface area contributed by atoms with Crippen LogP contribution >= 0.6 is 11.6 Å². The maximum Gasteiger partial charge on any atom is 0.0408 e. The van der Waals surface area contributed by atoms with Gasteiger partial charge in [-0.2, -0.15) is 0 Å². The number of hydrogen-bond acceptors (Lipinski definition) is 1. The molecule has 2 rings (SSSR count). The molecule has 0 unspecified atom stereocenters. The Kier molecular flexibility index (Phi) is 4.64. The van der Waals surface area contributed by atoms with Crippen LogP contribution in [0.25, 0.3) is 0 Å². The molecular formula is C15H20ClN. The van der Waals surface area contributed by atoms with Crippen molar-refractivity contribution >= 4 is 11.6 Å². The molecule has 1 aliphatic carbocycles. The van der Waals surface area contributed by atoms with Crippen molar-refractivity contribution in [1.29, 1.82) is 0 Å². The third-order valence-corrected chi connectivity index (χ3v) is 3.25. The third kappa shape index (κ3) is 4.93. The van der Waals surface area contributed by atoms with Crippen LogP contribution in [-0.4, -0.2) is 12.6 Å². The molecule has 1 fully saturated rings. The van der Waals surface area contributed by atoms with Gasteiger partial charge >= 0.3 is 0 Å². The number of nitrogens with one attached hydrogen (secondary N) is 1. The number of rotatable bonds is 6. The van der Waals surface area contributed by atoms with Crippen LogP contribution in [-0.2, 0) is 6.42 Å². The van der Waals surface area contributed by atoms with Gasteiger partial charge in [0.15, 0.2) is 0 Å². The predicted molar refractivity (Wildman–Crippen MR) is 74.6 cm³/mol. The van der Waals surface area contributed by atoms with Crippen molar-refractivity contribution < 1.29 is 0 Å². The van der Waals surface area contributed by atoms with Gasteiger partial charge in [0.05, 0.1) is 0 Å². The van der Waals surface area contributed by atoms with Crippen molar-refractivity contribution in [3.05, 3.63) is 46.5 Å². The van der Waals surface area contributed by atoms with Gasteiger partial charge in [0, 0.05) is 11.1 Å². The van der Waals surface area contributed by atoms with E-state index < -0.39 is 0 Å². The Bertz CT molecular complexity index is 394. The quantitative estimate of drug-likeness (QED) is 0.594. The number of allylic oxidation sites excluding steroid dienone is 1. The molecule has 0 aromatic heterocycles. The summed E-state index contributed by atoms with van der Waals surface area (Å²) in [5.74, 6) is 0. The zero-order valence-corrected chi connectivity index (χ0v) is 11.1. The van der Waals surface area contributed by atoms with Gasteiger partial charge in [-0.1, -0.05) is 35.4 Å². The van der Waals surface area contributed by atoms with Crippen LogP contribution in [0.2, 0.25) is 5.02 Å².